The third-order valence-corrected chi connectivity index (χ3v) is 3.14. The summed E-state index contributed by atoms with van der Waals surface area (Å²) < 4.78 is 5.35. The molecule has 1 aliphatic heterocycles. The van der Waals surface area contributed by atoms with E-state index in [1.165, 1.54) is 16.3 Å². The number of nitrogens with one attached hydrogen (secondary N) is 1. The molecule has 0 radical (unpaired) electrons. The molecule has 3 heteroatoms. The van der Waals surface area contributed by atoms with Gasteiger partial charge in [0.25, 0.3) is 0 Å². The lowest BCUT2D eigenvalue weighted by atomic mass is 10.1. The number of rotatable bonds is 2. The van der Waals surface area contributed by atoms with Crippen molar-refractivity contribution >= 4 is 10.8 Å². The molecule has 0 amide bonds. The van der Waals surface area contributed by atoms with Crippen molar-refractivity contribution in [1.29, 1.82) is 0 Å². The minimum absolute atomic E-state index is 0.867. The van der Waals surface area contributed by atoms with Gasteiger partial charge >= 0.3 is 0 Å². The average Bonchev–Trinajstić information content (AvgIpc) is 2.77. The van der Waals surface area contributed by atoms with E-state index in [1.54, 1.807) is 0 Å². The topological polar surface area (TPSA) is 28.3 Å². The van der Waals surface area contributed by atoms with Gasteiger partial charge in [0, 0.05) is 32.0 Å². The smallest absolute Gasteiger partial charge is 0.0594 e. The molecule has 16 heavy (non-hydrogen) atoms. The van der Waals surface area contributed by atoms with Crippen LogP contribution in [0, 0.1) is 0 Å². The highest BCUT2D eigenvalue weighted by molar-refractivity contribution is 5.82. The Hall–Kier alpha value is -1.32. The van der Waals surface area contributed by atoms with E-state index < -0.39 is 0 Å². The second kappa shape index (κ2) is 4.28. The molecule has 1 saturated heterocycles. The number of morpholine rings is 1. The van der Waals surface area contributed by atoms with Crippen molar-refractivity contribution in [1.82, 2.24) is 9.88 Å². The summed E-state index contributed by atoms with van der Waals surface area (Å²) in [5.74, 6) is 0. The first kappa shape index (κ1) is 9.87. The van der Waals surface area contributed by atoms with E-state index in [0.29, 0.717) is 0 Å². The quantitative estimate of drug-likeness (QED) is 0.831. The van der Waals surface area contributed by atoms with E-state index in [1.807, 2.05) is 6.20 Å². The summed E-state index contributed by atoms with van der Waals surface area (Å²) >= 11 is 0. The lowest BCUT2D eigenvalue weighted by Crippen LogP contribution is -2.35. The van der Waals surface area contributed by atoms with Crippen LogP contribution in [-0.4, -0.2) is 36.2 Å². The van der Waals surface area contributed by atoms with Gasteiger partial charge in [-0.05, 0) is 22.4 Å². The molecule has 84 valence electrons. The van der Waals surface area contributed by atoms with Crippen LogP contribution in [0.4, 0.5) is 0 Å². The van der Waals surface area contributed by atoms with Gasteiger partial charge in [-0.3, -0.25) is 4.90 Å². The largest absolute Gasteiger partial charge is 0.379 e. The fourth-order valence-corrected chi connectivity index (χ4v) is 2.22. The molecule has 1 fully saturated rings. The molecule has 0 spiro atoms. The van der Waals surface area contributed by atoms with Gasteiger partial charge in [0.05, 0.1) is 13.2 Å². The van der Waals surface area contributed by atoms with Crippen LogP contribution in [0.25, 0.3) is 10.8 Å². The van der Waals surface area contributed by atoms with E-state index >= 15 is 0 Å². The van der Waals surface area contributed by atoms with Gasteiger partial charge < -0.3 is 9.72 Å². The lowest BCUT2D eigenvalue weighted by molar-refractivity contribution is 0.0342. The van der Waals surface area contributed by atoms with Crippen molar-refractivity contribution in [3.63, 3.8) is 0 Å². The summed E-state index contributed by atoms with van der Waals surface area (Å²) in [5.41, 5.74) is 1.38. The Morgan fingerprint density at radius 2 is 1.94 bits per heavy atom. The summed E-state index contributed by atoms with van der Waals surface area (Å²) in [6.45, 7) is 4.86. The minimum atomic E-state index is 0.867. The number of nitrogens with zero attached hydrogens (tertiary/aromatic N) is 1. The Kier molecular flexibility index (Phi) is 2.64. The van der Waals surface area contributed by atoms with Crippen molar-refractivity contribution in [2.45, 2.75) is 6.54 Å². The van der Waals surface area contributed by atoms with E-state index in [2.05, 4.69) is 34.3 Å². The van der Waals surface area contributed by atoms with Gasteiger partial charge in [0.2, 0.25) is 0 Å². The van der Waals surface area contributed by atoms with Gasteiger partial charge in [-0.25, -0.2) is 0 Å². The molecule has 1 aliphatic rings. The molecule has 3 rings (SSSR count). The second-order valence-corrected chi connectivity index (χ2v) is 4.31. The van der Waals surface area contributed by atoms with Crippen molar-refractivity contribution in [2.24, 2.45) is 0 Å². The second-order valence-electron chi connectivity index (χ2n) is 4.31. The highest BCUT2D eigenvalue weighted by Crippen LogP contribution is 2.16. The zero-order valence-electron chi connectivity index (χ0n) is 9.28. The molecule has 1 aromatic carbocycles. The zero-order valence-corrected chi connectivity index (χ0v) is 9.28. The molecular formula is C13H16N2O. The minimum Gasteiger partial charge on any atom is -0.379 e. The maximum Gasteiger partial charge on any atom is 0.0594 e. The number of ether oxygens (including phenoxy) is 1. The van der Waals surface area contributed by atoms with E-state index in [0.717, 1.165) is 32.8 Å². The summed E-state index contributed by atoms with van der Waals surface area (Å²) in [6.07, 6.45) is 4.09. The maximum atomic E-state index is 5.35. The zero-order chi connectivity index (χ0) is 10.8. The van der Waals surface area contributed by atoms with Crippen molar-refractivity contribution in [3.05, 3.63) is 36.2 Å². The number of aromatic amines is 1. The van der Waals surface area contributed by atoms with Crippen LogP contribution < -0.4 is 0 Å². The Bertz CT molecular complexity index is 471. The molecule has 0 unspecified atom stereocenters. The number of hydrogen-bond donors (Lipinski definition) is 1. The first-order valence-electron chi connectivity index (χ1n) is 5.77. The molecule has 3 nitrogen and oxygen atoms in total. The van der Waals surface area contributed by atoms with Crippen molar-refractivity contribution in [2.75, 3.05) is 26.3 Å². The van der Waals surface area contributed by atoms with Crippen molar-refractivity contribution in [3.8, 4) is 0 Å². The number of hydrogen-bond acceptors (Lipinski definition) is 2. The number of fused-ring (bicyclic) bond motifs is 1. The number of H-pyrrole nitrogens is 1. The van der Waals surface area contributed by atoms with Crippen LogP contribution in [0.1, 0.15) is 5.56 Å². The normalized spacial score (nSPS) is 18.0. The first-order valence-corrected chi connectivity index (χ1v) is 5.77. The third-order valence-electron chi connectivity index (χ3n) is 3.14. The standard InChI is InChI=1S/C13H16N2O/c1-2-12-8-14-9-13(12)7-11(1)10-15-3-5-16-6-4-15/h1-2,7-9,14H,3-6,10H2. The average molecular weight is 216 g/mol. The van der Waals surface area contributed by atoms with E-state index in [9.17, 15) is 0 Å². The first-order chi connectivity index (χ1) is 7.92. The Morgan fingerprint density at radius 1 is 1.12 bits per heavy atom. The SMILES string of the molecule is c1cc2c[nH]cc2cc1CN1CCOCC1. The fraction of sp³-hybridized carbons (Fsp3) is 0.385. The van der Waals surface area contributed by atoms with Crippen LogP contribution >= 0.6 is 0 Å². The summed E-state index contributed by atoms with van der Waals surface area (Å²) in [5, 5.41) is 2.58. The van der Waals surface area contributed by atoms with Gasteiger partial charge in [-0.1, -0.05) is 12.1 Å². The van der Waals surface area contributed by atoms with Gasteiger partial charge in [0.1, 0.15) is 0 Å². The number of aromatic nitrogens is 1. The molecule has 0 aliphatic carbocycles. The molecule has 1 aromatic heterocycles. The van der Waals surface area contributed by atoms with Crippen molar-refractivity contribution < 1.29 is 4.74 Å². The fourth-order valence-electron chi connectivity index (χ4n) is 2.22. The molecule has 0 bridgehead atoms. The van der Waals surface area contributed by atoms with Gasteiger partial charge in [-0.2, -0.15) is 0 Å². The summed E-state index contributed by atoms with van der Waals surface area (Å²) in [4.78, 5) is 5.58. The van der Waals surface area contributed by atoms with E-state index in [4.69, 9.17) is 4.74 Å². The van der Waals surface area contributed by atoms with Crippen LogP contribution in [0.15, 0.2) is 30.6 Å². The Labute approximate surface area is 95.0 Å². The third kappa shape index (κ3) is 1.96. The predicted octanol–water partition coefficient (Wildman–Crippen LogP) is 2.00. The molecule has 0 atom stereocenters. The van der Waals surface area contributed by atoms with Crippen LogP contribution in [0.3, 0.4) is 0 Å². The lowest BCUT2D eigenvalue weighted by Gasteiger charge is -2.26. The maximum absolute atomic E-state index is 5.35. The van der Waals surface area contributed by atoms with Crippen LogP contribution in [0.5, 0.6) is 0 Å². The number of benzene rings is 1. The highest BCUT2D eigenvalue weighted by Gasteiger charge is 2.10. The summed E-state index contributed by atoms with van der Waals surface area (Å²) in [6, 6.07) is 6.66. The molecule has 2 heterocycles. The molecule has 2 aromatic rings. The Balaban J connectivity index is 1.77. The molecular weight excluding hydrogens is 200 g/mol. The van der Waals surface area contributed by atoms with Crippen LogP contribution in [0.2, 0.25) is 0 Å². The molecule has 0 saturated carbocycles. The van der Waals surface area contributed by atoms with Gasteiger partial charge in [-0.15, -0.1) is 0 Å². The highest BCUT2D eigenvalue weighted by atomic mass is 16.5. The molecule has 1 N–H and O–H groups in total. The van der Waals surface area contributed by atoms with Crippen LogP contribution in [-0.2, 0) is 11.3 Å². The van der Waals surface area contributed by atoms with E-state index in [-0.39, 0.29) is 0 Å². The predicted molar refractivity (Wildman–Crippen MR) is 64.4 cm³/mol. The van der Waals surface area contributed by atoms with Gasteiger partial charge in [0.15, 0.2) is 0 Å². The monoisotopic (exact) mass is 216 g/mol. The Morgan fingerprint density at radius 3 is 2.81 bits per heavy atom. The summed E-state index contributed by atoms with van der Waals surface area (Å²) in [7, 11) is 0.